The Balaban J connectivity index is 1.54. The lowest BCUT2D eigenvalue weighted by atomic mass is 9.77. The number of hydrogen-bond acceptors (Lipinski definition) is 4. The van der Waals surface area contributed by atoms with Crippen molar-refractivity contribution in [3.05, 3.63) is 70.0 Å². The lowest BCUT2D eigenvalue weighted by molar-refractivity contribution is -0.144. The molecule has 4 rings (SSSR count). The molecular weight excluding hydrogens is 623 g/mol. The number of carbonyl (C=O) groups is 3. The van der Waals surface area contributed by atoms with Gasteiger partial charge in [-0.25, -0.2) is 4.39 Å². The molecule has 7 nitrogen and oxygen atoms in total. The van der Waals surface area contributed by atoms with Gasteiger partial charge in [0.2, 0.25) is 17.7 Å². The quantitative estimate of drug-likeness (QED) is 0.388. The average molecular weight is 660 g/mol. The number of amides is 3. The molecule has 1 saturated heterocycles. The van der Waals surface area contributed by atoms with E-state index < -0.39 is 66.1 Å². The predicted molar refractivity (Wildman–Crippen MR) is 152 cm³/mol. The summed E-state index contributed by atoms with van der Waals surface area (Å²) in [5.41, 5.74) is -2.15. The van der Waals surface area contributed by atoms with Crippen LogP contribution in [0.2, 0.25) is 0 Å². The van der Waals surface area contributed by atoms with Crippen LogP contribution in [0.1, 0.15) is 65.8 Å². The third kappa shape index (κ3) is 8.37. The van der Waals surface area contributed by atoms with E-state index >= 15 is 0 Å². The van der Waals surface area contributed by atoms with Crippen LogP contribution in [0.5, 0.6) is 0 Å². The van der Waals surface area contributed by atoms with Crippen molar-refractivity contribution in [1.82, 2.24) is 15.1 Å². The maximum absolute atomic E-state index is 14.0. The van der Waals surface area contributed by atoms with Gasteiger partial charge in [-0.2, -0.15) is 26.3 Å². The minimum atomic E-state index is -5.03. The Hall–Kier alpha value is -3.68. The molecule has 2 aromatic rings. The number of piperidine rings is 1. The summed E-state index contributed by atoms with van der Waals surface area (Å²) in [4.78, 5) is 41.7. The summed E-state index contributed by atoms with van der Waals surface area (Å²) in [7, 11) is 1.30. The largest absolute Gasteiger partial charge is 0.416 e. The molecule has 2 atom stereocenters. The van der Waals surface area contributed by atoms with Gasteiger partial charge < -0.3 is 20.2 Å². The summed E-state index contributed by atoms with van der Waals surface area (Å²) in [6.45, 7) is 0.825. The molecule has 0 unspecified atom stereocenters. The van der Waals surface area contributed by atoms with Crippen LogP contribution in [0.25, 0.3) is 0 Å². The van der Waals surface area contributed by atoms with Gasteiger partial charge >= 0.3 is 12.4 Å². The van der Waals surface area contributed by atoms with Crippen LogP contribution >= 0.6 is 0 Å². The fourth-order valence-electron chi connectivity index (χ4n) is 6.58. The number of likely N-dealkylation sites (tertiary alicyclic amines) is 1. The summed E-state index contributed by atoms with van der Waals surface area (Å²) >= 11 is 0. The Labute approximate surface area is 261 Å². The van der Waals surface area contributed by atoms with Crippen LogP contribution in [-0.4, -0.2) is 65.4 Å². The van der Waals surface area contributed by atoms with E-state index in [0.717, 1.165) is 4.90 Å². The number of aliphatic hydroxyl groups is 1. The topological polar surface area (TPSA) is 90.0 Å². The molecule has 46 heavy (non-hydrogen) atoms. The first-order valence-electron chi connectivity index (χ1n) is 15.0. The Morgan fingerprint density at radius 3 is 2.09 bits per heavy atom. The minimum absolute atomic E-state index is 0.0308. The smallest absolute Gasteiger partial charge is 0.387 e. The van der Waals surface area contributed by atoms with Gasteiger partial charge in [-0.05, 0) is 86.1 Å². The number of rotatable bonds is 7. The Bertz CT molecular complexity index is 1410. The first-order chi connectivity index (χ1) is 21.5. The monoisotopic (exact) mass is 659 g/mol. The third-order valence-corrected chi connectivity index (χ3v) is 8.90. The SMILES string of the molecule is Cc1cc(F)ccc1[C@@H]1CN(C(=O)C2CCC(NC(=O)CO)CC2)CC[C@H]1C(=O)N(C)Cc1cc(C(F)(F)F)cc(C(F)(F)F)c1. The third-order valence-electron chi connectivity index (χ3n) is 8.90. The summed E-state index contributed by atoms with van der Waals surface area (Å²) in [5.74, 6) is -3.35. The molecule has 2 aromatic carbocycles. The molecule has 0 radical (unpaired) electrons. The average Bonchev–Trinajstić information content (AvgIpc) is 2.99. The second-order valence-corrected chi connectivity index (χ2v) is 12.2. The van der Waals surface area contributed by atoms with Crippen molar-refractivity contribution in [1.29, 1.82) is 0 Å². The van der Waals surface area contributed by atoms with Gasteiger partial charge in [-0.1, -0.05) is 6.07 Å². The molecule has 2 fully saturated rings. The number of nitrogens with one attached hydrogen (secondary N) is 1. The fraction of sp³-hybridized carbons (Fsp3) is 0.531. The van der Waals surface area contributed by atoms with Crippen LogP contribution in [-0.2, 0) is 33.3 Å². The maximum atomic E-state index is 14.0. The van der Waals surface area contributed by atoms with Crippen molar-refractivity contribution < 1.29 is 50.2 Å². The first-order valence-corrected chi connectivity index (χ1v) is 15.0. The highest BCUT2D eigenvalue weighted by molar-refractivity contribution is 5.82. The molecule has 0 bridgehead atoms. The van der Waals surface area contributed by atoms with Gasteiger partial charge in [0.15, 0.2) is 0 Å². The van der Waals surface area contributed by atoms with Crippen molar-refractivity contribution in [3.63, 3.8) is 0 Å². The van der Waals surface area contributed by atoms with E-state index in [0.29, 0.717) is 48.9 Å². The van der Waals surface area contributed by atoms with Gasteiger partial charge in [-0.15, -0.1) is 0 Å². The molecule has 1 saturated carbocycles. The number of hydrogen-bond donors (Lipinski definition) is 2. The van der Waals surface area contributed by atoms with Gasteiger partial charge in [0, 0.05) is 50.5 Å². The standard InChI is InChI=1S/C32H36F7N3O4/c1-18-11-23(33)5-8-25(18)27-16-42(29(45)20-3-6-24(7-4-20)40-28(44)17-43)10-9-26(27)30(46)41(2)15-19-12-21(31(34,35)36)14-22(13-19)32(37,38)39/h5,8,11-14,20,24,26-27,43H,3-4,6-7,9-10,15-17H2,1-2H3,(H,40,44)/t20?,24?,26-,27+/m1/s1. The highest BCUT2D eigenvalue weighted by Gasteiger charge is 2.41. The number of alkyl halides is 6. The first kappa shape index (κ1) is 35.2. The van der Waals surface area contributed by atoms with E-state index in [1.54, 1.807) is 11.8 Å². The van der Waals surface area contributed by atoms with Gasteiger partial charge in [0.1, 0.15) is 12.4 Å². The summed E-state index contributed by atoms with van der Waals surface area (Å²) < 4.78 is 94.5. The Morgan fingerprint density at radius 2 is 1.54 bits per heavy atom. The predicted octanol–water partition coefficient (Wildman–Crippen LogP) is 5.43. The zero-order valence-corrected chi connectivity index (χ0v) is 25.3. The van der Waals surface area contributed by atoms with Crippen LogP contribution in [0.15, 0.2) is 36.4 Å². The highest BCUT2D eigenvalue weighted by atomic mass is 19.4. The molecule has 14 heteroatoms. The molecule has 1 aliphatic carbocycles. The van der Waals surface area contributed by atoms with Crippen molar-refractivity contribution in [2.24, 2.45) is 11.8 Å². The number of nitrogens with zero attached hydrogens (tertiary/aromatic N) is 2. The summed E-state index contributed by atoms with van der Waals surface area (Å²) in [6, 6.07) is 5.12. The molecule has 2 aliphatic rings. The lowest BCUT2D eigenvalue weighted by Gasteiger charge is -2.42. The number of benzene rings is 2. The molecule has 1 heterocycles. The number of aryl methyl sites for hydroxylation is 1. The molecule has 0 spiro atoms. The molecule has 0 aromatic heterocycles. The lowest BCUT2D eigenvalue weighted by Crippen LogP contribution is -2.50. The number of halogens is 7. The van der Waals surface area contributed by atoms with Crippen molar-refractivity contribution in [3.8, 4) is 0 Å². The molecule has 3 amide bonds. The second kappa shape index (κ2) is 14.0. The van der Waals surface area contributed by atoms with E-state index in [9.17, 15) is 45.1 Å². The molecule has 252 valence electrons. The molecule has 1 aliphatic heterocycles. The maximum Gasteiger partial charge on any atom is 0.416 e. The van der Waals surface area contributed by atoms with Crippen molar-refractivity contribution in [2.45, 2.75) is 69.9 Å². The zero-order valence-electron chi connectivity index (χ0n) is 25.3. The van der Waals surface area contributed by atoms with E-state index in [1.807, 2.05) is 0 Å². The molecule has 2 N–H and O–H groups in total. The minimum Gasteiger partial charge on any atom is -0.387 e. The van der Waals surface area contributed by atoms with Crippen LogP contribution in [0.3, 0.4) is 0 Å². The van der Waals surface area contributed by atoms with Crippen LogP contribution in [0, 0.1) is 24.6 Å². The second-order valence-electron chi connectivity index (χ2n) is 12.2. The number of aliphatic hydroxyl groups excluding tert-OH is 1. The van der Waals surface area contributed by atoms with E-state index in [1.165, 1.54) is 25.2 Å². The Morgan fingerprint density at radius 1 is 0.935 bits per heavy atom. The van der Waals surface area contributed by atoms with Gasteiger partial charge in [0.25, 0.3) is 0 Å². The van der Waals surface area contributed by atoms with Crippen LogP contribution in [0.4, 0.5) is 30.7 Å². The van der Waals surface area contributed by atoms with E-state index in [-0.39, 0.29) is 49.0 Å². The summed E-state index contributed by atoms with van der Waals surface area (Å²) in [5, 5.41) is 11.7. The van der Waals surface area contributed by atoms with Crippen molar-refractivity contribution >= 4 is 17.7 Å². The Kier molecular flexibility index (Phi) is 10.7. The summed E-state index contributed by atoms with van der Waals surface area (Å²) in [6.07, 6.45) is -7.77. The van der Waals surface area contributed by atoms with Crippen molar-refractivity contribution in [2.75, 3.05) is 26.7 Å². The van der Waals surface area contributed by atoms with E-state index in [4.69, 9.17) is 5.11 Å². The van der Waals surface area contributed by atoms with Gasteiger partial charge in [0.05, 0.1) is 11.1 Å². The molecular formula is C32H36F7N3O4. The number of carbonyl (C=O) groups excluding carboxylic acids is 3. The highest BCUT2D eigenvalue weighted by Crippen LogP contribution is 2.39. The van der Waals surface area contributed by atoms with Crippen LogP contribution < -0.4 is 5.32 Å². The van der Waals surface area contributed by atoms with Gasteiger partial charge in [-0.3, -0.25) is 14.4 Å². The fourth-order valence-corrected chi connectivity index (χ4v) is 6.58. The van der Waals surface area contributed by atoms with E-state index in [2.05, 4.69) is 5.32 Å². The zero-order chi connectivity index (χ0) is 34.0. The normalized spacial score (nSPS) is 22.3.